The van der Waals surface area contributed by atoms with Crippen molar-refractivity contribution in [3.8, 4) is 0 Å². The Labute approximate surface area is 94.5 Å². The summed E-state index contributed by atoms with van der Waals surface area (Å²) < 4.78 is 40.3. The number of alkyl halides is 3. The van der Waals surface area contributed by atoms with Crippen molar-refractivity contribution in [2.24, 2.45) is 5.92 Å². The predicted molar refractivity (Wildman–Crippen MR) is 56.3 cm³/mol. The molecule has 5 heteroatoms. The minimum Gasteiger partial charge on any atom is -0.370 e. The maximum absolute atomic E-state index is 11.9. The summed E-state index contributed by atoms with van der Waals surface area (Å²) in [5, 5.41) is 3.16. The lowest BCUT2D eigenvalue weighted by Crippen LogP contribution is -2.34. The second-order valence-electron chi connectivity index (χ2n) is 4.41. The summed E-state index contributed by atoms with van der Waals surface area (Å²) in [5.74, 6) is 0.809. The molecule has 0 aliphatic heterocycles. The summed E-state index contributed by atoms with van der Waals surface area (Å²) in [5.41, 5.74) is 0. The number of rotatable bonds is 8. The molecule has 0 heterocycles. The van der Waals surface area contributed by atoms with Crippen LogP contribution >= 0.6 is 0 Å². The molecule has 0 aromatic rings. The summed E-state index contributed by atoms with van der Waals surface area (Å²) in [4.78, 5) is 0. The zero-order chi connectivity index (χ0) is 12.0. The van der Waals surface area contributed by atoms with Crippen molar-refractivity contribution in [2.75, 3.05) is 19.8 Å². The second kappa shape index (κ2) is 6.45. The lowest BCUT2D eigenvalue weighted by atomic mass is 10.1. The molecule has 0 amide bonds. The Kier molecular flexibility index (Phi) is 5.55. The lowest BCUT2D eigenvalue weighted by Gasteiger charge is -2.18. The van der Waals surface area contributed by atoms with Crippen molar-refractivity contribution in [3.63, 3.8) is 0 Å². The van der Waals surface area contributed by atoms with Crippen LogP contribution in [0.15, 0.2) is 0 Å². The van der Waals surface area contributed by atoms with Crippen LogP contribution in [-0.4, -0.2) is 32.0 Å². The quantitative estimate of drug-likeness (QED) is 0.703. The first-order valence-corrected chi connectivity index (χ1v) is 5.89. The SMILES string of the molecule is CCNC(CCC1CC1)COCC(F)(F)F. The molecular formula is C11H20F3NO. The van der Waals surface area contributed by atoms with Crippen LogP contribution in [0, 0.1) is 5.92 Å². The van der Waals surface area contributed by atoms with Crippen LogP contribution in [0.3, 0.4) is 0 Å². The van der Waals surface area contributed by atoms with E-state index in [4.69, 9.17) is 0 Å². The lowest BCUT2D eigenvalue weighted by molar-refractivity contribution is -0.175. The summed E-state index contributed by atoms with van der Waals surface area (Å²) in [6.45, 7) is 1.73. The minimum absolute atomic E-state index is 0.0629. The van der Waals surface area contributed by atoms with E-state index in [-0.39, 0.29) is 12.6 Å². The molecule has 1 N–H and O–H groups in total. The Balaban J connectivity index is 2.10. The molecule has 2 nitrogen and oxygen atoms in total. The van der Waals surface area contributed by atoms with Gasteiger partial charge in [-0.05, 0) is 25.3 Å². The Bertz CT molecular complexity index is 192. The Morgan fingerprint density at radius 1 is 1.38 bits per heavy atom. The Hall–Kier alpha value is -0.290. The largest absolute Gasteiger partial charge is 0.411 e. The molecule has 1 aliphatic carbocycles. The topological polar surface area (TPSA) is 21.3 Å². The number of halogens is 3. The van der Waals surface area contributed by atoms with E-state index < -0.39 is 12.8 Å². The first kappa shape index (κ1) is 13.8. The molecule has 0 spiro atoms. The van der Waals surface area contributed by atoms with E-state index in [0.717, 1.165) is 25.3 Å². The maximum Gasteiger partial charge on any atom is 0.411 e. The van der Waals surface area contributed by atoms with Gasteiger partial charge in [-0.15, -0.1) is 0 Å². The fraction of sp³-hybridized carbons (Fsp3) is 1.00. The summed E-state index contributed by atoms with van der Waals surface area (Å²) in [7, 11) is 0. The van der Waals surface area contributed by atoms with Crippen molar-refractivity contribution in [1.82, 2.24) is 5.32 Å². The molecule has 1 unspecified atom stereocenters. The van der Waals surface area contributed by atoms with Crippen LogP contribution in [0.4, 0.5) is 13.2 Å². The van der Waals surface area contributed by atoms with Gasteiger partial charge >= 0.3 is 6.18 Å². The van der Waals surface area contributed by atoms with Crippen LogP contribution in [0.2, 0.25) is 0 Å². The molecule has 1 fully saturated rings. The van der Waals surface area contributed by atoms with Crippen LogP contribution in [0.25, 0.3) is 0 Å². The third-order valence-corrected chi connectivity index (χ3v) is 2.70. The Morgan fingerprint density at radius 2 is 2.06 bits per heavy atom. The molecule has 0 aromatic carbocycles. The number of hydrogen-bond acceptors (Lipinski definition) is 2. The molecule has 0 saturated heterocycles. The van der Waals surface area contributed by atoms with E-state index in [9.17, 15) is 13.2 Å². The fourth-order valence-corrected chi connectivity index (χ4v) is 1.69. The van der Waals surface area contributed by atoms with Gasteiger partial charge in [0.15, 0.2) is 0 Å². The molecular weight excluding hydrogens is 219 g/mol. The third-order valence-electron chi connectivity index (χ3n) is 2.70. The summed E-state index contributed by atoms with van der Waals surface area (Å²) >= 11 is 0. The smallest absolute Gasteiger partial charge is 0.370 e. The van der Waals surface area contributed by atoms with Gasteiger partial charge in [-0.1, -0.05) is 19.8 Å². The number of hydrogen-bond donors (Lipinski definition) is 1. The predicted octanol–water partition coefficient (Wildman–Crippen LogP) is 2.73. The van der Waals surface area contributed by atoms with Crippen molar-refractivity contribution >= 4 is 0 Å². The highest BCUT2D eigenvalue weighted by molar-refractivity contribution is 4.76. The number of ether oxygens (including phenoxy) is 1. The molecule has 1 rings (SSSR count). The normalized spacial score (nSPS) is 18.8. The number of nitrogens with one attached hydrogen (secondary N) is 1. The third kappa shape index (κ3) is 7.06. The molecule has 0 radical (unpaired) electrons. The molecule has 1 saturated carbocycles. The van der Waals surface area contributed by atoms with Gasteiger partial charge in [-0.25, -0.2) is 0 Å². The first-order chi connectivity index (χ1) is 7.51. The van der Waals surface area contributed by atoms with E-state index in [0.29, 0.717) is 0 Å². The van der Waals surface area contributed by atoms with Gasteiger partial charge in [0.05, 0.1) is 6.61 Å². The van der Waals surface area contributed by atoms with Gasteiger partial charge < -0.3 is 10.1 Å². The van der Waals surface area contributed by atoms with Crippen LogP contribution in [0.5, 0.6) is 0 Å². The van der Waals surface area contributed by atoms with E-state index in [1.807, 2.05) is 6.92 Å². The standard InChI is InChI=1S/C11H20F3NO/c1-2-15-10(6-5-9-3-4-9)7-16-8-11(12,13)14/h9-10,15H,2-8H2,1H3. The van der Waals surface area contributed by atoms with Crippen molar-refractivity contribution in [1.29, 1.82) is 0 Å². The highest BCUT2D eigenvalue weighted by atomic mass is 19.4. The van der Waals surface area contributed by atoms with Gasteiger partial charge in [-0.3, -0.25) is 0 Å². The van der Waals surface area contributed by atoms with Crippen molar-refractivity contribution in [2.45, 2.75) is 44.8 Å². The highest BCUT2D eigenvalue weighted by Crippen LogP contribution is 2.33. The maximum atomic E-state index is 11.9. The van der Waals surface area contributed by atoms with Gasteiger partial charge in [0.2, 0.25) is 0 Å². The molecule has 1 aliphatic rings. The first-order valence-electron chi connectivity index (χ1n) is 5.89. The van der Waals surface area contributed by atoms with E-state index in [1.54, 1.807) is 0 Å². The average molecular weight is 239 g/mol. The number of likely N-dealkylation sites (N-methyl/N-ethyl adjacent to an activating group) is 1. The zero-order valence-electron chi connectivity index (χ0n) is 9.65. The van der Waals surface area contributed by atoms with Gasteiger partial charge in [0.25, 0.3) is 0 Å². The summed E-state index contributed by atoms with van der Waals surface area (Å²) in [6.07, 6.45) is 0.362. The van der Waals surface area contributed by atoms with Crippen LogP contribution in [0.1, 0.15) is 32.6 Å². The van der Waals surface area contributed by atoms with Crippen LogP contribution < -0.4 is 5.32 Å². The van der Waals surface area contributed by atoms with Crippen molar-refractivity contribution < 1.29 is 17.9 Å². The fourth-order valence-electron chi connectivity index (χ4n) is 1.69. The van der Waals surface area contributed by atoms with Gasteiger partial charge in [-0.2, -0.15) is 13.2 Å². The van der Waals surface area contributed by atoms with E-state index in [1.165, 1.54) is 12.8 Å². The Morgan fingerprint density at radius 3 is 2.56 bits per heavy atom. The average Bonchev–Trinajstić information content (AvgIpc) is 2.95. The van der Waals surface area contributed by atoms with Gasteiger partial charge in [0, 0.05) is 6.04 Å². The molecule has 0 bridgehead atoms. The molecule has 96 valence electrons. The van der Waals surface area contributed by atoms with E-state index >= 15 is 0 Å². The molecule has 16 heavy (non-hydrogen) atoms. The second-order valence-corrected chi connectivity index (χ2v) is 4.41. The van der Waals surface area contributed by atoms with E-state index in [2.05, 4.69) is 10.1 Å². The molecule has 0 aromatic heterocycles. The monoisotopic (exact) mass is 239 g/mol. The zero-order valence-corrected chi connectivity index (χ0v) is 9.65. The van der Waals surface area contributed by atoms with Crippen molar-refractivity contribution in [3.05, 3.63) is 0 Å². The summed E-state index contributed by atoms with van der Waals surface area (Å²) in [6, 6.07) is 0.0629. The molecule has 1 atom stereocenters. The minimum atomic E-state index is -4.22. The highest BCUT2D eigenvalue weighted by Gasteiger charge is 2.28. The van der Waals surface area contributed by atoms with Crippen LogP contribution in [-0.2, 0) is 4.74 Å². The van der Waals surface area contributed by atoms with Gasteiger partial charge in [0.1, 0.15) is 6.61 Å².